The lowest BCUT2D eigenvalue weighted by atomic mass is 9.70. The van der Waals surface area contributed by atoms with Crippen LogP contribution in [0.15, 0.2) is 217 Å². The Kier molecular flexibility index (Phi) is 6.88. The zero-order valence-electron chi connectivity index (χ0n) is 31.1. The van der Waals surface area contributed by atoms with Gasteiger partial charge in [0.05, 0.1) is 11.1 Å². The third-order valence-electron chi connectivity index (χ3n) is 12.3. The Balaban J connectivity index is 1.11. The molecule has 0 saturated heterocycles. The van der Waals surface area contributed by atoms with Gasteiger partial charge >= 0.3 is 0 Å². The predicted molar refractivity (Wildman–Crippen MR) is 236 cm³/mol. The fourth-order valence-electron chi connectivity index (χ4n) is 9.85. The normalized spacial score (nSPS) is 13.1. The number of benzene rings is 9. The Hall–Kier alpha value is -7.42. The first-order chi connectivity index (χ1) is 28.3. The lowest BCUT2D eigenvalue weighted by molar-refractivity contribution is 0.669. The van der Waals surface area contributed by atoms with Crippen LogP contribution in [0.4, 0.5) is 17.1 Å². The van der Waals surface area contributed by atoms with E-state index in [9.17, 15) is 0 Å². The summed E-state index contributed by atoms with van der Waals surface area (Å²) in [5, 5.41) is 2.20. The van der Waals surface area contributed by atoms with E-state index in [-0.39, 0.29) is 0 Å². The number of anilines is 3. The van der Waals surface area contributed by atoms with Crippen LogP contribution >= 0.6 is 0 Å². The zero-order chi connectivity index (χ0) is 37.5. The maximum absolute atomic E-state index is 6.82. The SMILES string of the molecule is c1ccc(-c2ccc(N(c3ccccc3)c3cc(-c4ccc5c(c4)C4(c6ccccc6-c6ccccc64)c4ccccc4-5)cc4c3oc3ccccc34)cc2)cc1. The molecule has 0 radical (unpaired) electrons. The molecule has 1 heterocycles. The van der Waals surface area contributed by atoms with E-state index in [0.717, 1.165) is 44.6 Å². The molecular weight excluding hydrogens is 691 g/mol. The minimum Gasteiger partial charge on any atom is -0.454 e. The first kappa shape index (κ1) is 31.9. The van der Waals surface area contributed by atoms with Crippen molar-refractivity contribution < 1.29 is 4.42 Å². The Labute approximate surface area is 331 Å². The van der Waals surface area contributed by atoms with Gasteiger partial charge in [0.1, 0.15) is 5.58 Å². The quantitative estimate of drug-likeness (QED) is 0.176. The maximum atomic E-state index is 6.82. The van der Waals surface area contributed by atoms with Gasteiger partial charge in [0.2, 0.25) is 0 Å². The molecule has 0 atom stereocenters. The average Bonchev–Trinajstić information content (AvgIpc) is 3.91. The Morgan fingerprint density at radius 2 is 0.842 bits per heavy atom. The van der Waals surface area contributed by atoms with E-state index in [1.54, 1.807) is 0 Å². The Morgan fingerprint density at radius 1 is 0.333 bits per heavy atom. The second-order valence-corrected chi connectivity index (χ2v) is 15.2. The third kappa shape index (κ3) is 4.59. The van der Waals surface area contributed by atoms with Crippen molar-refractivity contribution in [3.8, 4) is 44.5 Å². The van der Waals surface area contributed by atoms with Gasteiger partial charge in [-0.05, 0) is 115 Å². The largest absolute Gasteiger partial charge is 0.454 e. The van der Waals surface area contributed by atoms with Gasteiger partial charge in [0.15, 0.2) is 5.58 Å². The second kappa shape index (κ2) is 12.3. The molecule has 0 N–H and O–H groups in total. The summed E-state index contributed by atoms with van der Waals surface area (Å²) in [7, 11) is 0. The number of hydrogen-bond acceptors (Lipinski definition) is 2. The van der Waals surface area contributed by atoms with Crippen molar-refractivity contribution in [1.29, 1.82) is 0 Å². The number of furan rings is 1. The second-order valence-electron chi connectivity index (χ2n) is 15.2. The fraction of sp³-hybridized carbons (Fsp3) is 0.0182. The summed E-state index contributed by atoms with van der Waals surface area (Å²) in [6.07, 6.45) is 0. The molecule has 12 rings (SSSR count). The molecule has 57 heavy (non-hydrogen) atoms. The molecular formula is C55H35NO. The summed E-state index contributed by atoms with van der Waals surface area (Å²) in [6.45, 7) is 0. The van der Waals surface area contributed by atoms with Crippen LogP contribution in [0, 0.1) is 0 Å². The molecule has 266 valence electrons. The van der Waals surface area contributed by atoms with Gasteiger partial charge in [-0.2, -0.15) is 0 Å². The van der Waals surface area contributed by atoms with Crippen molar-refractivity contribution in [3.05, 3.63) is 235 Å². The summed E-state index contributed by atoms with van der Waals surface area (Å²) in [4.78, 5) is 2.34. The van der Waals surface area contributed by atoms with Crippen molar-refractivity contribution in [3.63, 3.8) is 0 Å². The van der Waals surface area contributed by atoms with Crippen LogP contribution < -0.4 is 4.90 Å². The molecule has 0 unspecified atom stereocenters. The summed E-state index contributed by atoms with van der Waals surface area (Å²) in [6, 6.07) is 77.4. The highest BCUT2D eigenvalue weighted by Crippen LogP contribution is 2.63. The van der Waals surface area contributed by atoms with E-state index in [1.807, 2.05) is 0 Å². The first-order valence-corrected chi connectivity index (χ1v) is 19.7. The Morgan fingerprint density at radius 3 is 1.51 bits per heavy atom. The summed E-state index contributed by atoms with van der Waals surface area (Å²) in [5.41, 5.74) is 19.7. The molecule has 0 bridgehead atoms. The lowest BCUT2D eigenvalue weighted by Crippen LogP contribution is -2.25. The summed E-state index contributed by atoms with van der Waals surface area (Å²) >= 11 is 0. The molecule has 0 aliphatic heterocycles. The van der Waals surface area contributed by atoms with Crippen molar-refractivity contribution in [1.82, 2.24) is 0 Å². The summed E-state index contributed by atoms with van der Waals surface area (Å²) < 4.78 is 6.82. The molecule has 2 aliphatic rings. The molecule has 2 heteroatoms. The van der Waals surface area contributed by atoms with Gasteiger partial charge in [-0.15, -0.1) is 0 Å². The molecule has 0 fully saturated rings. The molecule has 0 amide bonds. The first-order valence-electron chi connectivity index (χ1n) is 19.7. The van der Waals surface area contributed by atoms with Crippen LogP contribution in [0.3, 0.4) is 0 Å². The topological polar surface area (TPSA) is 16.4 Å². The van der Waals surface area contributed by atoms with Crippen LogP contribution in [0.5, 0.6) is 0 Å². The number of rotatable bonds is 5. The molecule has 9 aromatic carbocycles. The van der Waals surface area contributed by atoms with Crippen LogP contribution in [0.2, 0.25) is 0 Å². The highest BCUT2D eigenvalue weighted by atomic mass is 16.3. The van der Waals surface area contributed by atoms with Gasteiger partial charge in [-0.1, -0.05) is 164 Å². The van der Waals surface area contributed by atoms with Gasteiger partial charge in [-0.3, -0.25) is 0 Å². The van der Waals surface area contributed by atoms with Gasteiger partial charge in [0.25, 0.3) is 0 Å². The van der Waals surface area contributed by atoms with Crippen LogP contribution in [-0.4, -0.2) is 0 Å². The highest BCUT2D eigenvalue weighted by molar-refractivity contribution is 6.12. The number of hydrogen-bond donors (Lipinski definition) is 0. The van der Waals surface area contributed by atoms with Crippen LogP contribution in [0.25, 0.3) is 66.4 Å². The smallest absolute Gasteiger partial charge is 0.159 e. The van der Waals surface area contributed by atoms with E-state index in [4.69, 9.17) is 4.42 Å². The summed E-state index contributed by atoms with van der Waals surface area (Å²) in [5.74, 6) is 0. The van der Waals surface area contributed by atoms with Crippen LogP contribution in [0.1, 0.15) is 22.3 Å². The third-order valence-corrected chi connectivity index (χ3v) is 12.3. The minimum absolute atomic E-state index is 0.416. The predicted octanol–water partition coefficient (Wildman–Crippen LogP) is 14.7. The van der Waals surface area contributed by atoms with Crippen molar-refractivity contribution in [2.24, 2.45) is 0 Å². The Bertz CT molecular complexity index is 3110. The van der Waals surface area contributed by atoms with E-state index in [2.05, 4.69) is 217 Å². The standard InChI is InChI=1S/C55H35NO/c1-3-15-36(16-4-1)37-27-30-41(31-28-37)56(40-17-5-2-6-18-40)52-35-39(33-47-46-22-10-14-26-53(46)57-54(47)52)38-29-32-45-44-21-9-13-25-50(44)55(51(45)34-38)48-23-11-7-19-42(48)43-20-8-12-24-49(43)55/h1-35H. The molecule has 2 aliphatic carbocycles. The van der Waals surface area contributed by atoms with E-state index in [1.165, 1.54) is 61.2 Å². The maximum Gasteiger partial charge on any atom is 0.159 e. The fourth-order valence-corrected chi connectivity index (χ4v) is 9.85. The molecule has 1 spiro atoms. The van der Waals surface area contributed by atoms with Crippen LogP contribution in [-0.2, 0) is 5.41 Å². The average molecular weight is 726 g/mol. The van der Waals surface area contributed by atoms with E-state index >= 15 is 0 Å². The molecule has 0 saturated carbocycles. The molecule has 1 aromatic heterocycles. The number of fused-ring (bicyclic) bond motifs is 13. The van der Waals surface area contributed by atoms with Crippen molar-refractivity contribution in [2.75, 3.05) is 4.90 Å². The lowest BCUT2D eigenvalue weighted by Gasteiger charge is -2.30. The monoisotopic (exact) mass is 725 g/mol. The van der Waals surface area contributed by atoms with Gasteiger partial charge < -0.3 is 9.32 Å². The van der Waals surface area contributed by atoms with Crippen molar-refractivity contribution in [2.45, 2.75) is 5.41 Å². The number of para-hydroxylation sites is 2. The molecule has 2 nitrogen and oxygen atoms in total. The zero-order valence-corrected chi connectivity index (χ0v) is 31.1. The highest BCUT2D eigenvalue weighted by Gasteiger charge is 2.51. The number of nitrogens with zero attached hydrogens (tertiary/aromatic N) is 1. The minimum atomic E-state index is -0.416. The molecule has 10 aromatic rings. The van der Waals surface area contributed by atoms with E-state index < -0.39 is 5.41 Å². The van der Waals surface area contributed by atoms with E-state index in [0.29, 0.717) is 0 Å². The van der Waals surface area contributed by atoms with Gasteiger partial charge in [0, 0.05) is 22.1 Å². The van der Waals surface area contributed by atoms with Gasteiger partial charge in [-0.25, -0.2) is 0 Å². The van der Waals surface area contributed by atoms with Crippen molar-refractivity contribution >= 4 is 39.0 Å².